The third kappa shape index (κ3) is 6.08. The number of rotatable bonds is 7. The smallest absolute Gasteiger partial charge is 0.272 e. The van der Waals surface area contributed by atoms with Crippen LogP contribution in [0.25, 0.3) is 6.08 Å². The van der Waals surface area contributed by atoms with Crippen molar-refractivity contribution in [1.82, 2.24) is 5.32 Å². The Hall–Kier alpha value is -4.38. The third-order valence-corrected chi connectivity index (χ3v) is 5.05. The minimum absolute atomic E-state index is 0.124. The molecule has 3 aromatic carbocycles. The summed E-state index contributed by atoms with van der Waals surface area (Å²) in [6.07, 6.45) is 1.36. The van der Waals surface area contributed by atoms with Gasteiger partial charge in [-0.25, -0.2) is 0 Å². The second-order valence-corrected chi connectivity index (χ2v) is 7.45. The SMILES string of the molecule is O=C(Nc1ccc([N+](=O)[O-])cc1)C(=Cc1ccc([N+](=O)[O-])cc1)NC(=O)c1ccccc1Br. The highest BCUT2D eigenvalue weighted by Crippen LogP contribution is 2.19. The first-order valence-electron chi connectivity index (χ1n) is 9.32. The maximum absolute atomic E-state index is 12.9. The number of hydrogen-bond acceptors (Lipinski definition) is 6. The van der Waals surface area contributed by atoms with Crippen LogP contribution in [0.1, 0.15) is 15.9 Å². The molecular formula is C22H15BrN4O6. The highest BCUT2D eigenvalue weighted by atomic mass is 79.9. The number of hydrogen-bond donors (Lipinski definition) is 2. The molecule has 0 heterocycles. The number of carbonyl (C=O) groups excluding carboxylic acids is 2. The molecule has 2 N–H and O–H groups in total. The van der Waals surface area contributed by atoms with Crippen molar-refractivity contribution in [3.8, 4) is 0 Å². The predicted octanol–water partition coefficient (Wildman–Crippen LogP) is 4.68. The van der Waals surface area contributed by atoms with Gasteiger partial charge in [-0.2, -0.15) is 0 Å². The Labute approximate surface area is 195 Å². The normalized spacial score (nSPS) is 10.9. The molecule has 0 atom stereocenters. The Morgan fingerprint density at radius 2 is 1.36 bits per heavy atom. The zero-order valence-electron chi connectivity index (χ0n) is 16.7. The highest BCUT2D eigenvalue weighted by Gasteiger charge is 2.17. The van der Waals surface area contributed by atoms with Gasteiger partial charge in [-0.3, -0.25) is 29.8 Å². The van der Waals surface area contributed by atoms with Crippen molar-refractivity contribution in [2.24, 2.45) is 0 Å². The third-order valence-electron chi connectivity index (χ3n) is 4.36. The van der Waals surface area contributed by atoms with Gasteiger partial charge in [0.1, 0.15) is 5.70 Å². The molecular weight excluding hydrogens is 496 g/mol. The quantitative estimate of drug-likeness (QED) is 0.268. The van der Waals surface area contributed by atoms with Crippen LogP contribution in [0.2, 0.25) is 0 Å². The molecule has 0 saturated carbocycles. The fourth-order valence-corrected chi connectivity index (χ4v) is 3.18. The fourth-order valence-electron chi connectivity index (χ4n) is 2.72. The van der Waals surface area contributed by atoms with Crippen molar-refractivity contribution in [3.05, 3.63) is 114 Å². The topological polar surface area (TPSA) is 144 Å². The van der Waals surface area contributed by atoms with E-state index >= 15 is 0 Å². The Balaban J connectivity index is 1.90. The minimum atomic E-state index is -0.692. The van der Waals surface area contributed by atoms with Crippen molar-refractivity contribution in [3.63, 3.8) is 0 Å². The van der Waals surface area contributed by atoms with E-state index < -0.39 is 21.7 Å². The Morgan fingerprint density at radius 1 is 0.818 bits per heavy atom. The summed E-state index contributed by atoms with van der Waals surface area (Å²) in [6.45, 7) is 0. The van der Waals surface area contributed by atoms with E-state index in [4.69, 9.17) is 0 Å². The largest absolute Gasteiger partial charge is 0.321 e. The number of nitrogens with zero attached hydrogens (tertiary/aromatic N) is 2. The number of carbonyl (C=O) groups is 2. The maximum Gasteiger partial charge on any atom is 0.272 e. The molecule has 0 aliphatic carbocycles. The second kappa shape index (κ2) is 10.3. The van der Waals surface area contributed by atoms with Gasteiger partial charge in [-0.15, -0.1) is 0 Å². The molecule has 0 radical (unpaired) electrons. The number of nitro benzene ring substituents is 2. The van der Waals surface area contributed by atoms with Crippen molar-refractivity contribution < 1.29 is 19.4 Å². The van der Waals surface area contributed by atoms with Crippen LogP contribution in [0.5, 0.6) is 0 Å². The number of nitrogens with one attached hydrogen (secondary N) is 2. The molecule has 3 rings (SSSR count). The molecule has 0 bridgehead atoms. The summed E-state index contributed by atoms with van der Waals surface area (Å²) in [6, 6.07) is 17.2. The monoisotopic (exact) mass is 510 g/mol. The van der Waals surface area contributed by atoms with Gasteiger partial charge in [-0.1, -0.05) is 12.1 Å². The van der Waals surface area contributed by atoms with Crippen molar-refractivity contribution in [1.29, 1.82) is 0 Å². The Bertz CT molecular complexity index is 1260. The van der Waals surface area contributed by atoms with Crippen LogP contribution in [-0.2, 0) is 4.79 Å². The number of benzene rings is 3. The number of anilines is 1. The van der Waals surface area contributed by atoms with Crippen LogP contribution < -0.4 is 10.6 Å². The summed E-state index contributed by atoms with van der Waals surface area (Å²) >= 11 is 3.28. The summed E-state index contributed by atoms with van der Waals surface area (Å²) in [5.41, 5.74) is 0.591. The first kappa shape index (κ1) is 23.3. The molecule has 0 aliphatic heterocycles. The number of amides is 2. The average Bonchev–Trinajstić information content (AvgIpc) is 2.79. The number of nitro groups is 2. The van der Waals surface area contributed by atoms with Crippen molar-refractivity contribution in [2.45, 2.75) is 0 Å². The van der Waals surface area contributed by atoms with Crippen molar-refractivity contribution >= 4 is 50.9 Å². The molecule has 11 heteroatoms. The van der Waals surface area contributed by atoms with Gasteiger partial charge in [0.15, 0.2) is 0 Å². The lowest BCUT2D eigenvalue weighted by Crippen LogP contribution is -2.31. The van der Waals surface area contributed by atoms with Crippen LogP contribution in [-0.4, -0.2) is 21.7 Å². The van der Waals surface area contributed by atoms with Gasteiger partial charge < -0.3 is 10.6 Å². The van der Waals surface area contributed by atoms with Gasteiger partial charge in [0.25, 0.3) is 23.2 Å². The standard InChI is InChI=1S/C22H15BrN4O6/c23-19-4-2-1-3-18(19)21(28)25-20(13-14-5-9-16(10-6-14)26(30)31)22(29)24-15-7-11-17(12-8-15)27(32)33/h1-13H,(H,24,29)(H,25,28). The molecule has 2 amide bonds. The van der Waals surface area contributed by atoms with Gasteiger partial charge in [0.05, 0.1) is 15.4 Å². The van der Waals surface area contributed by atoms with Gasteiger partial charge in [-0.05, 0) is 64.0 Å². The molecule has 0 saturated heterocycles. The maximum atomic E-state index is 12.9. The van der Waals surface area contributed by atoms with Crippen LogP contribution in [0, 0.1) is 20.2 Å². The molecule has 33 heavy (non-hydrogen) atoms. The molecule has 0 aliphatic rings. The first-order chi connectivity index (χ1) is 15.7. The molecule has 10 nitrogen and oxygen atoms in total. The highest BCUT2D eigenvalue weighted by molar-refractivity contribution is 9.10. The second-order valence-electron chi connectivity index (χ2n) is 6.60. The van der Waals surface area contributed by atoms with Crippen molar-refractivity contribution in [2.75, 3.05) is 5.32 Å². The van der Waals surface area contributed by atoms with E-state index in [1.165, 1.54) is 54.6 Å². The van der Waals surface area contributed by atoms with E-state index in [1.807, 2.05) is 0 Å². The molecule has 0 fully saturated rings. The summed E-state index contributed by atoms with van der Waals surface area (Å²) in [4.78, 5) is 46.2. The van der Waals surface area contributed by atoms with Gasteiger partial charge in [0, 0.05) is 34.4 Å². The van der Waals surface area contributed by atoms with E-state index in [0.29, 0.717) is 10.0 Å². The zero-order chi connectivity index (χ0) is 24.0. The van der Waals surface area contributed by atoms with E-state index in [1.54, 1.807) is 24.3 Å². The predicted molar refractivity (Wildman–Crippen MR) is 124 cm³/mol. The van der Waals surface area contributed by atoms with E-state index in [-0.39, 0.29) is 28.3 Å². The van der Waals surface area contributed by atoms with Gasteiger partial charge in [0.2, 0.25) is 0 Å². The fraction of sp³-hybridized carbons (Fsp3) is 0. The average molecular weight is 511 g/mol. The van der Waals surface area contributed by atoms with Crippen LogP contribution in [0.15, 0.2) is 83.0 Å². The zero-order valence-corrected chi connectivity index (χ0v) is 18.3. The molecule has 0 unspecified atom stereocenters. The Kier molecular flexibility index (Phi) is 7.26. The number of halogens is 1. The molecule has 0 spiro atoms. The van der Waals surface area contributed by atoms with Gasteiger partial charge >= 0.3 is 0 Å². The number of non-ortho nitro benzene ring substituents is 2. The van der Waals surface area contributed by atoms with Crippen LogP contribution in [0.4, 0.5) is 17.1 Å². The van der Waals surface area contributed by atoms with Crippen LogP contribution >= 0.6 is 15.9 Å². The van der Waals surface area contributed by atoms with E-state index in [9.17, 15) is 29.8 Å². The summed E-state index contributed by atoms with van der Waals surface area (Å²) < 4.78 is 0.521. The lowest BCUT2D eigenvalue weighted by Gasteiger charge is -2.12. The molecule has 166 valence electrons. The first-order valence-corrected chi connectivity index (χ1v) is 10.1. The lowest BCUT2D eigenvalue weighted by atomic mass is 10.1. The summed E-state index contributed by atoms with van der Waals surface area (Å²) in [5, 5.41) is 26.8. The summed E-state index contributed by atoms with van der Waals surface area (Å²) in [5.74, 6) is -1.25. The lowest BCUT2D eigenvalue weighted by molar-refractivity contribution is -0.385. The van der Waals surface area contributed by atoms with E-state index in [0.717, 1.165) is 0 Å². The van der Waals surface area contributed by atoms with E-state index in [2.05, 4.69) is 26.6 Å². The van der Waals surface area contributed by atoms with Crippen LogP contribution in [0.3, 0.4) is 0 Å². The summed E-state index contributed by atoms with van der Waals surface area (Å²) in [7, 11) is 0. The molecule has 3 aromatic rings. The minimum Gasteiger partial charge on any atom is -0.321 e. The Morgan fingerprint density at radius 3 is 1.91 bits per heavy atom. The molecule has 0 aromatic heterocycles.